The van der Waals surface area contributed by atoms with Crippen LogP contribution in [0.4, 0.5) is 0 Å². The van der Waals surface area contributed by atoms with Gasteiger partial charge in [0.1, 0.15) is 0 Å². The molecule has 22 heavy (non-hydrogen) atoms. The van der Waals surface area contributed by atoms with Crippen LogP contribution in [0.15, 0.2) is 12.7 Å². The third kappa shape index (κ3) is 2.59. The number of ether oxygens (including phenoxy) is 1. The molecule has 0 aromatic heterocycles. The van der Waals surface area contributed by atoms with E-state index in [1.165, 1.54) is 0 Å². The summed E-state index contributed by atoms with van der Waals surface area (Å²) in [5.41, 5.74) is -0.213. The van der Waals surface area contributed by atoms with Gasteiger partial charge in [-0.3, -0.25) is 9.69 Å². The lowest BCUT2D eigenvalue weighted by Gasteiger charge is -2.38. The third-order valence-corrected chi connectivity index (χ3v) is 5.98. The van der Waals surface area contributed by atoms with Crippen LogP contribution in [0, 0.1) is 10.8 Å². The predicted molar refractivity (Wildman–Crippen MR) is 84.5 cm³/mol. The van der Waals surface area contributed by atoms with Gasteiger partial charge < -0.3 is 14.7 Å². The van der Waals surface area contributed by atoms with Gasteiger partial charge in [0, 0.05) is 52.5 Å². The molecule has 1 aliphatic carbocycles. The normalized spacial score (nSPS) is 31.2. The van der Waals surface area contributed by atoms with Crippen molar-refractivity contribution in [2.24, 2.45) is 10.8 Å². The van der Waals surface area contributed by atoms with Crippen LogP contribution in [0.25, 0.3) is 0 Å². The van der Waals surface area contributed by atoms with Crippen LogP contribution in [-0.2, 0) is 9.53 Å². The monoisotopic (exact) mass is 308 g/mol. The van der Waals surface area contributed by atoms with E-state index in [2.05, 4.69) is 11.5 Å². The van der Waals surface area contributed by atoms with E-state index in [4.69, 9.17) is 4.74 Å². The van der Waals surface area contributed by atoms with E-state index in [9.17, 15) is 9.90 Å². The molecule has 1 amide bonds. The van der Waals surface area contributed by atoms with Crippen LogP contribution in [-0.4, -0.2) is 73.4 Å². The average molecular weight is 308 g/mol. The molecule has 1 spiro atoms. The van der Waals surface area contributed by atoms with Crippen molar-refractivity contribution in [3.05, 3.63) is 12.7 Å². The molecule has 2 saturated heterocycles. The maximum atomic E-state index is 13.1. The molecular weight excluding hydrogens is 280 g/mol. The van der Waals surface area contributed by atoms with Gasteiger partial charge in [0.15, 0.2) is 0 Å². The Labute approximate surface area is 132 Å². The van der Waals surface area contributed by atoms with Crippen molar-refractivity contribution in [3.8, 4) is 0 Å². The van der Waals surface area contributed by atoms with Gasteiger partial charge in [-0.25, -0.2) is 0 Å². The molecule has 2 heterocycles. The molecule has 3 fully saturated rings. The van der Waals surface area contributed by atoms with Crippen LogP contribution >= 0.6 is 0 Å². The maximum absolute atomic E-state index is 13.1. The number of aliphatic hydroxyl groups excluding tert-OH is 1. The molecule has 3 aliphatic rings. The SMILES string of the molecule is C=CCN1CCN(C(=O)C2(CCO)CC23CCOCC3)CC1. The summed E-state index contributed by atoms with van der Waals surface area (Å²) in [6.45, 7) is 9.72. The third-order valence-electron chi connectivity index (χ3n) is 5.98. The van der Waals surface area contributed by atoms with Crippen LogP contribution in [0.1, 0.15) is 25.7 Å². The van der Waals surface area contributed by atoms with Crippen molar-refractivity contribution in [2.75, 3.05) is 52.5 Å². The Kier molecular flexibility index (Phi) is 4.57. The van der Waals surface area contributed by atoms with E-state index in [1.807, 2.05) is 11.0 Å². The minimum atomic E-state index is -0.313. The Morgan fingerprint density at radius 3 is 2.50 bits per heavy atom. The highest BCUT2D eigenvalue weighted by molar-refractivity contribution is 5.87. The van der Waals surface area contributed by atoms with Crippen molar-refractivity contribution < 1.29 is 14.6 Å². The van der Waals surface area contributed by atoms with Gasteiger partial charge in [0.2, 0.25) is 5.91 Å². The fourth-order valence-electron chi connectivity index (χ4n) is 4.52. The number of nitrogens with zero attached hydrogens (tertiary/aromatic N) is 2. The molecular formula is C17H28N2O3. The molecule has 2 aliphatic heterocycles. The van der Waals surface area contributed by atoms with Crippen molar-refractivity contribution in [1.82, 2.24) is 9.80 Å². The molecule has 5 nitrogen and oxygen atoms in total. The highest BCUT2D eigenvalue weighted by atomic mass is 16.5. The number of hydrogen-bond donors (Lipinski definition) is 1. The van der Waals surface area contributed by atoms with Crippen molar-refractivity contribution >= 4 is 5.91 Å². The molecule has 5 heteroatoms. The molecule has 3 rings (SSSR count). The molecule has 1 saturated carbocycles. The Hall–Kier alpha value is -0.910. The van der Waals surface area contributed by atoms with E-state index < -0.39 is 0 Å². The van der Waals surface area contributed by atoms with Crippen molar-refractivity contribution in [1.29, 1.82) is 0 Å². The summed E-state index contributed by atoms with van der Waals surface area (Å²) in [5, 5.41) is 9.49. The van der Waals surface area contributed by atoms with Crippen LogP contribution in [0.2, 0.25) is 0 Å². The van der Waals surface area contributed by atoms with Crippen molar-refractivity contribution in [3.63, 3.8) is 0 Å². The maximum Gasteiger partial charge on any atom is 0.229 e. The number of aliphatic hydroxyl groups is 1. The smallest absolute Gasteiger partial charge is 0.229 e. The minimum Gasteiger partial charge on any atom is -0.396 e. The van der Waals surface area contributed by atoms with Gasteiger partial charge in [0.25, 0.3) is 0 Å². The van der Waals surface area contributed by atoms with Gasteiger partial charge >= 0.3 is 0 Å². The second-order valence-electron chi connectivity index (χ2n) is 7.01. The van der Waals surface area contributed by atoms with E-state index >= 15 is 0 Å². The van der Waals surface area contributed by atoms with Gasteiger partial charge in [-0.05, 0) is 31.1 Å². The van der Waals surface area contributed by atoms with E-state index in [-0.39, 0.29) is 23.3 Å². The first-order valence-electron chi connectivity index (χ1n) is 8.49. The number of carbonyl (C=O) groups excluding carboxylic acids is 1. The summed E-state index contributed by atoms with van der Waals surface area (Å²) in [7, 11) is 0. The molecule has 1 unspecified atom stereocenters. The quantitative estimate of drug-likeness (QED) is 0.766. The molecule has 0 aromatic carbocycles. The number of piperazine rings is 1. The lowest BCUT2D eigenvalue weighted by Crippen LogP contribution is -2.51. The highest BCUT2D eigenvalue weighted by Gasteiger charge is 2.71. The first kappa shape index (κ1) is 16.0. The minimum absolute atomic E-state index is 0.101. The fourth-order valence-corrected chi connectivity index (χ4v) is 4.52. The number of rotatable bonds is 5. The zero-order chi connectivity index (χ0) is 15.6. The zero-order valence-corrected chi connectivity index (χ0v) is 13.4. The molecule has 0 radical (unpaired) electrons. The summed E-state index contributed by atoms with van der Waals surface area (Å²) in [6, 6.07) is 0. The molecule has 1 atom stereocenters. The van der Waals surface area contributed by atoms with Crippen LogP contribution < -0.4 is 0 Å². The second-order valence-corrected chi connectivity index (χ2v) is 7.01. The van der Waals surface area contributed by atoms with E-state index in [1.54, 1.807) is 0 Å². The first-order chi connectivity index (χ1) is 10.7. The Bertz CT molecular complexity index is 426. The van der Waals surface area contributed by atoms with Gasteiger partial charge in [-0.1, -0.05) is 6.08 Å². The summed E-state index contributed by atoms with van der Waals surface area (Å²) in [5.74, 6) is 0.279. The first-order valence-corrected chi connectivity index (χ1v) is 8.49. The number of amides is 1. The van der Waals surface area contributed by atoms with Gasteiger partial charge in [-0.15, -0.1) is 6.58 Å². The van der Waals surface area contributed by atoms with Crippen molar-refractivity contribution in [2.45, 2.75) is 25.7 Å². The zero-order valence-electron chi connectivity index (χ0n) is 13.4. The Morgan fingerprint density at radius 1 is 1.23 bits per heavy atom. The standard InChI is InChI=1S/C17H28N2O3/c1-2-6-18-7-9-19(10-8-18)15(21)17(3-11-20)14-16(17)4-12-22-13-5-16/h2,20H,1,3-14H2. The fraction of sp³-hybridized carbons (Fsp3) is 0.824. The van der Waals surface area contributed by atoms with Gasteiger partial charge in [-0.2, -0.15) is 0 Å². The predicted octanol–water partition coefficient (Wildman–Crippen LogP) is 0.886. The lowest BCUT2D eigenvalue weighted by atomic mass is 9.83. The van der Waals surface area contributed by atoms with Gasteiger partial charge in [0.05, 0.1) is 5.41 Å². The lowest BCUT2D eigenvalue weighted by molar-refractivity contribution is -0.142. The number of carbonyl (C=O) groups is 1. The summed E-state index contributed by atoms with van der Waals surface area (Å²) in [6.07, 6.45) is 5.40. The molecule has 124 valence electrons. The van der Waals surface area contributed by atoms with E-state index in [0.29, 0.717) is 6.42 Å². The Balaban J connectivity index is 1.66. The second kappa shape index (κ2) is 6.30. The largest absolute Gasteiger partial charge is 0.396 e. The van der Waals surface area contributed by atoms with Crippen LogP contribution in [0.5, 0.6) is 0 Å². The summed E-state index contributed by atoms with van der Waals surface area (Å²) < 4.78 is 5.48. The molecule has 1 N–H and O–H groups in total. The van der Waals surface area contributed by atoms with Crippen LogP contribution in [0.3, 0.4) is 0 Å². The Morgan fingerprint density at radius 2 is 1.91 bits per heavy atom. The summed E-state index contributed by atoms with van der Waals surface area (Å²) >= 11 is 0. The average Bonchev–Trinajstić information content (AvgIpc) is 3.15. The molecule has 0 bridgehead atoms. The highest BCUT2D eigenvalue weighted by Crippen LogP contribution is 2.71. The number of hydrogen-bond acceptors (Lipinski definition) is 4. The summed E-state index contributed by atoms with van der Waals surface area (Å²) in [4.78, 5) is 17.5. The molecule has 0 aromatic rings. The topological polar surface area (TPSA) is 53.0 Å². The van der Waals surface area contributed by atoms with E-state index in [0.717, 1.165) is 65.2 Å².